The molecular weight excluding hydrogens is 196 g/mol. The van der Waals surface area contributed by atoms with Crippen molar-refractivity contribution >= 4 is 11.9 Å². The van der Waals surface area contributed by atoms with E-state index in [0.717, 1.165) is 12.8 Å². The van der Waals surface area contributed by atoms with Crippen molar-refractivity contribution in [1.29, 1.82) is 0 Å². The SMILES string of the molecule is C=C1CC[C@H]2CCOC(=O)[C@@]12C(=O)OC. The van der Waals surface area contributed by atoms with E-state index in [1.54, 1.807) is 0 Å². The zero-order valence-electron chi connectivity index (χ0n) is 8.75. The van der Waals surface area contributed by atoms with E-state index >= 15 is 0 Å². The molecule has 2 aliphatic rings. The zero-order chi connectivity index (χ0) is 11.1. The van der Waals surface area contributed by atoms with Crippen LogP contribution in [0.2, 0.25) is 0 Å². The van der Waals surface area contributed by atoms with Gasteiger partial charge in [0, 0.05) is 0 Å². The molecule has 0 bridgehead atoms. The maximum absolute atomic E-state index is 11.8. The molecule has 0 N–H and O–H groups in total. The number of cyclic esters (lactones) is 1. The Morgan fingerprint density at radius 2 is 2.33 bits per heavy atom. The molecule has 1 saturated carbocycles. The minimum atomic E-state index is -1.20. The number of rotatable bonds is 1. The number of ether oxygens (including phenoxy) is 2. The van der Waals surface area contributed by atoms with Crippen molar-refractivity contribution in [2.45, 2.75) is 19.3 Å². The Morgan fingerprint density at radius 3 is 3.00 bits per heavy atom. The van der Waals surface area contributed by atoms with Crippen molar-refractivity contribution < 1.29 is 19.1 Å². The van der Waals surface area contributed by atoms with Gasteiger partial charge in [-0.25, -0.2) is 0 Å². The van der Waals surface area contributed by atoms with Crippen LogP contribution in [0.5, 0.6) is 0 Å². The lowest BCUT2D eigenvalue weighted by Crippen LogP contribution is -2.48. The summed E-state index contributed by atoms with van der Waals surface area (Å²) in [7, 11) is 1.29. The Kier molecular flexibility index (Phi) is 2.29. The molecule has 0 aromatic rings. The van der Waals surface area contributed by atoms with Gasteiger partial charge in [-0.1, -0.05) is 6.58 Å². The lowest BCUT2D eigenvalue weighted by molar-refractivity contribution is -0.176. The first-order chi connectivity index (χ1) is 7.14. The summed E-state index contributed by atoms with van der Waals surface area (Å²) in [6.07, 6.45) is 2.25. The summed E-state index contributed by atoms with van der Waals surface area (Å²) in [4.78, 5) is 23.6. The van der Waals surface area contributed by atoms with Gasteiger partial charge in [-0.3, -0.25) is 9.59 Å². The van der Waals surface area contributed by atoms with Gasteiger partial charge in [-0.2, -0.15) is 0 Å². The first-order valence-electron chi connectivity index (χ1n) is 5.08. The minimum Gasteiger partial charge on any atom is -0.468 e. The largest absolute Gasteiger partial charge is 0.468 e. The third-order valence-corrected chi connectivity index (χ3v) is 3.49. The van der Waals surface area contributed by atoms with Crippen molar-refractivity contribution in [3.05, 3.63) is 12.2 Å². The molecule has 0 aromatic heterocycles. The molecule has 4 heteroatoms. The molecule has 0 unspecified atom stereocenters. The molecular formula is C11H14O4. The highest BCUT2D eigenvalue weighted by Crippen LogP contribution is 2.52. The Balaban J connectivity index is 2.47. The molecule has 4 nitrogen and oxygen atoms in total. The van der Waals surface area contributed by atoms with E-state index in [-0.39, 0.29) is 5.92 Å². The second kappa shape index (κ2) is 3.36. The predicted octanol–water partition coefficient (Wildman–Crippen LogP) is 1.06. The molecule has 0 radical (unpaired) electrons. The standard InChI is InChI=1S/C11H14O4/c1-7-3-4-8-5-6-15-10(13)11(7,8)9(12)14-2/h8H,1,3-6H2,2H3/t8-,11-/m0/s1. The van der Waals surface area contributed by atoms with Gasteiger partial charge >= 0.3 is 11.9 Å². The molecule has 1 heterocycles. The summed E-state index contributed by atoms with van der Waals surface area (Å²) in [6.45, 7) is 4.23. The smallest absolute Gasteiger partial charge is 0.328 e. The highest BCUT2D eigenvalue weighted by molar-refractivity contribution is 6.04. The molecule has 1 aliphatic heterocycles. The van der Waals surface area contributed by atoms with Gasteiger partial charge in [-0.05, 0) is 30.8 Å². The average molecular weight is 210 g/mol. The van der Waals surface area contributed by atoms with E-state index in [4.69, 9.17) is 9.47 Å². The minimum absolute atomic E-state index is 0.0127. The Morgan fingerprint density at radius 1 is 1.60 bits per heavy atom. The van der Waals surface area contributed by atoms with Crippen LogP contribution in [0.25, 0.3) is 0 Å². The molecule has 15 heavy (non-hydrogen) atoms. The van der Waals surface area contributed by atoms with Gasteiger partial charge < -0.3 is 9.47 Å². The van der Waals surface area contributed by atoms with Crippen LogP contribution in [0.1, 0.15) is 19.3 Å². The van der Waals surface area contributed by atoms with E-state index in [9.17, 15) is 9.59 Å². The molecule has 0 spiro atoms. The van der Waals surface area contributed by atoms with Crippen molar-refractivity contribution in [2.75, 3.05) is 13.7 Å². The quantitative estimate of drug-likeness (QED) is 0.369. The summed E-state index contributed by atoms with van der Waals surface area (Å²) >= 11 is 0. The lowest BCUT2D eigenvalue weighted by Gasteiger charge is -2.35. The van der Waals surface area contributed by atoms with Gasteiger partial charge in [-0.15, -0.1) is 0 Å². The summed E-state index contributed by atoms with van der Waals surface area (Å²) in [5.74, 6) is -0.980. The number of fused-ring (bicyclic) bond motifs is 1. The average Bonchev–Trinajstić information content (AvgIpc) is 2.58. The van der Waals surface area contributed by atoms with Gasteiger partial charge in [0.1, 0.15) is 0 Å². The molecule has 2 atom stereocenters. The number of carbonyl (C=O) groups is 2. The molecule has 1 saturated heterocycles. The van der Waals surface area contributed by atoms with Gasteiger partial charge in [0.2, 0.25) is 0 Å². The van der Waals surface area contributed by atoms with Crippen LogP contribution in [0.4, 0.5) is 0 Å². The van der Waals surface area contributed by atoms with Crippen molar-refractivity contribution in [3.63, 3.8) is 0 Å². The lowest BCUT2D eigenvalue weighted by atomic mass is 9.73. The Bertz CT molecular complexity index is 323. The monoisotopic (exact) mass is 210 g/mol. The summed E-state index contributed by atoms with van der Waals surface area (Å²) in [6, 6.07) is 0. The fourth-order valence-electron chi connectivity index (χ4n) is 2.69. The van der Waals surface area contributed by atoms with Crippen LogP contribution in [-0.2, 0) is 19.1 Å². The highest BCUT2D eigenvalue weighted by atomic mass is 16.6. The summed E-state index contributed by atoms with van der Waals surface area (Å²) in [5.41, 5.74) is -0.559. The van der Waals surface area contributed by atoms with Gasteiger partial charge in [0.15, 0.2) is 5.41 Å². The maximum Gasteiger partial charge on any atom is 0.328 e. The van der Waals surface area contributed by atoms with E-state index in [0.29, 0.717) is 18.6 Å². The maximum atomic E-state index is 11.8. The van der Waals surface area contributed by atoms with Gasteiger partial charge in [0.05, 0.1) is 13.7 Å². The first kappa shape index (κ1) is 10.2. The third kappa shape index (κ3) is 1.14. The first-order valence-corrected chi connectivity index (χ1v) is 5.08. The molecule has 1 aliphatic carbocycles. The number of carbonyl (C=O) groups excluding carboxylic acids is 2. The molecule has 0 aromatic carbocycles. The number of hydrogen-bond donors (Lipinski definition) is 0. The number of esters is 2. The number of hydrogen-bond acceptors (Lipinski definition) is 4. The van der Waals surface area contributed by atoms with Crippen molar-refractivity contribution in [2.24, 2.45) is 11.3 Å². The van der Waals surface area contributed by atoms with E-state index in [1.807, 2.05) is 0 Å². The van der Waals surface area contributed by atoms with Crippen LogP contribution in [0.3, 0.4) is 0 Å². The van der Waals surface area contributed by atoms with Gasteiger partial charge in [0.25, 0.3) is 0 Å². The normalized spacial score (nSPS) is 34.6. The molecule has 82 valence electrons. The second-order valence-electron chi connectivity index (χ2n) is 4.06. The second-order valence-corrected chi connectivity index (χ2v) is 4.06. The van der Waals surface area contributed by atoms with E-state index in [1.165, 1.54) is 7.11 Å². The van der Waals surface area contributed by atoms with Crippen LogP contribution < -0.4 is 0 Å². The number of methoxy groups -OCH3 is 1. The highest BCUT2D eigenvalue weighted by Gasteiger charge is 2.61. The van der Waals surface area contributed by atoms with Crippen molar-refractivity contribution in [1.82, 2.24) is 0 Å². The van der Waals surface area contributed by atoms with Crippen LogP contribution in [0.15, 0.2) is 12.2 Å². The molecule has 2 fully saturated rings. The van der Waals surface area contributed by atoms with Crippen molar-refractivity contribution in [3.8, 4) is 0 Å². The Hall–Kier alpha value is -1.32. The predicted molar refractivity (Wildman–Crippen MR) is 51.9 cm³/mol. The van der Waals surface area contributed by atoms with Crippen LogP contribution >= 0.6 is 0 Å². The van der Waals surface area contributed by atoms with E-state index < -0.39 is 17.4 Å². The zero-order valence-corrected chi connectivity index (χ0v) is 8.75. The topological polar surface area (TPSA) is 52.6 Å². The summed E-state index contributed by atoms with van der Waals surface area (Å²) < 4.78 is 9.72. The fourth-order valence-corrected chi connectivity index (χ4v) is 2.69. The molecule has 2 rings (SSSR count). The fraction of sp³-hybridized carbons (Fsp3) is 0.636. The molecule has 0 amide bonds. The van der Waals surface area contributed by atoms with Crippen LogP contribution in [-0.4, -0.2) is 25.7 Å². The third-order valence-electron chi connectivity index (χ3n) is 3.49. The summed E-state index contributed by atoms with van der Waals surface area (Å²) in [5, 5.41) is 0. The van der Waals surface area contributed by atoms with E-state index in [2.05, 4.69) is 6.58 Å². The van der Waals surface area contributed by atoms with Crippen LogP contribution in [0, 0.1) is 11.3 Å². The Labute approximate surface area is 88.2 Å².